The van der Waals surface area contributed by atoms with Crippen molar-refractivity contribution in [1.29, 1.82) is 0 Å². The van der Waals surface area contributed by atoms with E-state index in [4.69, 9.17) is 5.73 Å². The summed E-state index contributed by atoms with van der Waals surface area (Å²) in [4.78, 5) is 3.80. The lowest BCUT2D eigenvalue weighted by atomic mass is 9.99. The van der Waals surface area contributed by atoms with Gasteiger partial charge in [0.2, 0.25) is 10.0 Å². The van der Waals surface area contributed by atoms with Crippen molar-refractivity contribution in [3.8, 4) is 0 Å². The summed E-state index contributed by atoms with van der Waals surface area (Å²) in [6.45, 7) is 6.50. The number of rotatable bonds is 5. The Morgan fingerprint density at radius 2 is 2.06 bits per heavy atom. The van der Waals surface area contributed by atoms with E-state index in [1.165, 1.54) is 12.3 Å². The van der Waals surface area contributed by atoms with Crippen molar-refractivity contribution in [2.45, 2.75) is 25.7 Å². The second-order valence-corrected chi connectivity index (χ2v) is 6.20. The molecule has 0 aromatic carbocycles. The predicted octanol–water partition coefficient (Wildman–Crippen LogP) is 1.23. The maximum Gasteiger partial charge on any atom is 0.244 e. The minimum absolute atomic E-state index is 0.0252. The van der Waals surface area contributed by atoms with Gasteiger partial charge in [0, 0.05) is 12.7 Å². The number of aromatic nitrogens is 1. The number of hydrogen-bond acceptors (Lipinski definition) is 4. The van der Waals surface area contributed by atoms with Crippen molar-refractivity contribution in [3.63, 3.8) is 0 Å². The average molecular weight is 257 g/mol. The van der Waals surface area contributed by atoms with Crippen LogP contribution in [0, 0.1) is 11.8 Å². The van der Waals surface area contributed by atoms with Crippen LogP contribution in [-0.2, 0) is 10.0 Å². The first kappa shape index (κ1) is 13.9. The second kappa shape index (κ2) is 5.46. The number of nitrogens with two attached hydrogens (primary N) is 1. The number of anilines is 1. The van der Waals surface area contributed by atoms with Gasteiger partial charge in [0.25, 0.3) is 0 Å². The van der Waals surface area contributed by atoms with Crippen molar-refractivity contribution in [2.24, 2.45) is 11.8 Å². The number of pyridine rings is 1. The molecule has 1 atom stereocenters. The molecule has 0 saturated carbocycles. The van der Waals surface area contributed by atoms with E-state index in [0.717, 1.165) is 0 Å². The highest BCUT2D eigenvalue weighted by atomic mass is 32.2. The van der Waals surface area contributed by atoms with Crippen LogP contribution < -0.4 is 10.5 Å². The molecule has 5 nitrogen and oxygen atoms in total. The summed E-state index contributed by atoms with van der Waals surface area (Å²) >= 11 is 0. The first-order chi connectivity index (χ1) is 7.84. The summed E-state index contributed by atoms with van der Waals surface area (Å²) in [6, 6.07) is 3.00. The van der Waals surface area contributed by atoms with Gasteiger partial charge in [-0.3, -0.25) is 0 Å². The lowest BCUT2D eigenvalue weighted by molar-refractivity contribution is 0.414. The van der Waals surface area contributed by atoms with Gasteiger partial charge in [0.05, 0.1) is 0 Å². The summed E-state index contributed by atoms with van der Waals surface area (Å²) in [6.07, 6.45) is 1.46. The largest absolute Gasteiger partial charge is 0.383 e. The number of nitrogens with zero attached hydrogens (tertiary/aromatic N) is 1. The zero-order valence-electron chi connectivity index (χ0n) is 10.3. The van der Waals surface area contributed by atoms with Gasteiger partial charge in [-0.15, -0.1) is 0 Å². The van der Waals surface area contributed by atoms with E-state index < -0.39 is 10.0 Å². The Kier molecular flexibility index (Phi) is 4.47. The zero-order valence-corrected chi connectivity index (χ0v) is 11.2. The molecular weight excluding hydrogens is 238 g/mol. The molecule has 17 heavy (non-hydrogen) atoms. The predicted molar refractivity (Wildman–Crippen MR) is 67.8 cm³/mol. The Labute approximate surface area is 102 Å². The molecule has 0 aliphatic carbocycles. The molecule has 0 saturated heterocycles. The van der Waals surface area contributed by atoms with Gasteiger partial charge in [0.1, 0.15) is 10.7 Å². The van der Waals surface area contributed by atoms with Gasteiger partial charge in [-0.25, -0.2) is 18.1 Å². The Balaban J connectivity index is 2.80. The molecule has 0 aliphatic heterocycles. The van der Waals surface area contributed by atoms with E-state index >= 15 is 0 Å². The van der Waals surface area contributed by atoms with Crippen LogP contribution in [0.1, 0.15) is 20.8 Å². The van der Waals surface area contributed by atoms with Crippen molar-refractivity contribution in [1.82, 2.24) is 9.71 Å². The third kappa shape index (κ3) is 3.67. The van der Waals surface area contributed by atoms with E-state index in [9.17, 15) is 8.42 Å². The van der Waals surface area contributed by atoms with E-state index in [0.29, 0.717) is 12.5 Å². The minimum Gasteiger partial charge on any atom is -0.383 e. The topological polar surface area (TPSA) is 85.1 Å². The third-order valence-electron chi connectivity index (χ3n) is 2.82. The highest BCUT2D eigenvalue weighted by Crippen LogP contribution is 2.15. The SMILES string of the molecule is CC(C)C(C)CNS(=O)(=O)c1cccnc1N. The highest BCUT2D eigenvalue weighted by Gasteiger charge is 2.19. The molecule has 1 unspecified atom stereocenters. The molecule has 6 heteroatoms. The smallest absolute Gasteiger partial charge is 0.244 e. The maximum absolute atomic E-state index is 11.9. The average Bonchev–Trinajstić information content (AvgIpc) is 2.26. The molecule has 0 aliphatic rings. The zero-order chi connectivity index (χ0) is 13.1. The van der Waals surface area contributed by atoms with Gasteiger partial charge >= 0.3 is 0 Å². The highest BCUT2D eigenvalue weighted by molar-refractivity contribution is 7.89. The lowest BCUT2D eigenvalue weighted by Gasteiger charge is -2.16. The van der Waals surface area contributed by atoms with Crippen molar-refractivity contribution < 1.29 is 8.42 Å². The molecule has 0 spiro atoms. The van der Waals surface area contributed by atoms with Gasteiger partial charge in [0.15, 0.2) is 0 Å². The van der Waals surface area contributed by atoms with Crippen molar-refractivity contribution in [3.05, 3.63) is 18.3 Å². The van der Waals surface area contributed by atoms with Crippen LogP contribution in [-0.4, -0.2) is 19.9 Å². The molecule has 1 heterocycles. The number of sulfonamides is 1. The van der Waals surface area contributed by atoms with E-state index in [1.807, 2.05) is 6.92 Å². The fourth-order valence-corrected chi connectivity index (χ4v) is 2.41. The van der Waals surface area contributed by atoms with Crippen LogP contribution in [0.4, 0.5) is 5.82 Å². The lowest BCUT2D eigenvalue weighted by Crippen LogP contribution is -2.30. The molecule has 1 aromatic heterocycles. The van der Waals surface area contributed by atoms with Crippen LogP contribution in [0.5, 0.6) is 0 Å². The van der Waals surface area contributed by atoms with Crippen molar-refractivity contribution in [2.75, 3.05) is 12.3 Å². The molecule has 0 fully saturated rings. The van der Waals surface area contributed by atoms with Gasteiger partial charge < -0.3 is 5.73 Å². The summed E-state index contributed by atoms with van der Waals surface area (Å²) in [5.41, 5.74) is 5.54. The molecule has 1 aromatic rings. The molecule has 0 bridgehead atoms. The first-order valence-electron chi connectivity index (χ1n) is 5.54. The van der Waals surface area contributed by atoms with Crippen LogP contribution in [0.25, 0.3) is 0 Å². The van der Waals surface area contributed by atoms with Gasteiger partial charge in [-0.2, -0.15) is 0 Å². The number of hydrogen-bond donors (Lipinski definition) is 2. The fourth-order valence-electron chi connectivity index (χ4n) is 1.18. The molecule has 0 amide bonds. The van der Waals surface area contributed by atoms with E-state index in [-0.39, 0.29) is 16.6 Å². The van der Waals surface area contributed by atoms with Crippen LogP contribution in [0.3, 0.4) is 0 Å². The minimum atomic E-state index is -3.56. The van der Waals surface area contributed by atoms with Crippen LogP contribution in [0.15, 0.2) is 23.2 Å². The van der Waals surface area contributed by atoms with Gasteiger partial charge in [-0.1, -0.05) is 20.8 Å². The molecular formula is C11H19N3O2S. The Morgan fingerprint density at radius 1 is 1.41 bits per heavy atom. The van der Waals surface area contributed by atoms with Crippen LogP contribution in [0.2, 0.25) is 0 Å². The Bertz CT molecular complexity index is 471. The Hall–Kier alpha value is -1.14. The molecule has 96 valence electrons. The van der Waals surface area contributed by atoms with E-state index in [2.05, 4.69) is 23.6 Å². The standard InChI is InChI=1S/C11H19N3O2S/c1-8(2)9(3)7-14-17(15,16)10-5-4-6-13-11(10)12/h4-6,8-9,14H,7H2,1-3H3,(H2,12,13). The first-order valence-corrected chi connectivity index (χ1v) is 7.03. The molecule has 1 rings (SSSR count). The second-order valence-electron chi connectivity index (χ2n) is 4.46. The molecule has 0 radical (unpaired) electrons. The van der Waals surface area contributed by atoms with Gasteiger partial charge in [-0.05, 0) is 24.0 Å². The number of nitrogens with one attached hydrogen (secondary N) is 1. The molecule has 3 N–H and O–H groups in total. The maximum atomic E-state index is 11.9. The summed E-state index contributed by atoms with van der Waals surface area (Å²) in [7, 11) is -3.56. The monoisotopic (exact) mass is 257 g/mol. The number of nitrogen functional groups attached to an aromatic ring is 1. The summed E-state index contributed by atoms with van der Waals surface area (Å²) in [5.74, 6) is 0.712. The van der Waals surface area contributed by atoms with Crippen molar-refractivity contribution >= 4 is 15.8 Å². The summed E-state index contributed by atoms with van der Waals surface area (Å²) < 4.78 is 26.4. The van der Waals surface area contributed by atoms with Crippen LogP contribution >= 0.6 is 0 Å². The van der Waals surface area contributed by atoms with E-state index in [1.54, 1.807) is 6.07 Å². The Morgan fingerprint density at radius 3 is 2.59 bits per heavy atom. The normalized spacial score (nSPS) is 13.9. The quantitative estimate of drug-likeness (QED) is 0.831. The fraction of sp³-hybridized carbons (Fsp3) is 0.545. The summed E-state index contributed by atoms with van der Waals surface area (Å²) in [5, 5.41) is 0. The third-order valence-corrected chi connectivity index (χ3v) is 4.29.